The van der Waals surface area contributed by atoms with Gasteiger partial charge in [0.15, 0.2) is 0 Å². The van der Waals surface area contributed by atoms with Crippen molar-refractivity contribution in [3.63, 3.8) is 0 Å². The molecule has 88 valence electrons. The standard InChI is InChI=1S/C12H19N3O/c13-10-1-4-15-8-14-12(11(15)7-10)9-2-5-16-6-3-9/h8-10H,1-7,13H2. The van der Waals surface area contributed by atoms with Crippen molar-refractivity contribution in [3.8, 4) is 0 Å². The Morgan fingerprint density at radius 1 is 1.31 bits per heavy atom. The van der Waals surface area contributed by atoms with Crippen molar-refractivity contribution in [1.82, 2.24) is 9.55 Å². The summed E-state index contributed by atoms with van der Waals surface area (Å²) >= 11 is 0. The van der Waals surface area contributed by atoms with Gasteiger partial charge in [-0.15, -0.1) is 0 Å². The monoisotopic (exact) mass is 221 g/mol. The number of imidazole rings is 1. The molecule has 0 amide bonds. The zero-order chi connectivity index (χ0) is 11.0. The number of aromatic nitrogens is 2. The van der Waals surface area contributed by atoms with Crippen LogP contribution >= 0.6 is 0 Å². The van der Waals surface area contributed by atoms with E-state index in [1.165, 1.54) is 11.4 Å². The van der Waals surface area contributed by atoms with Crippen LogP contribution in [0.2, 0.25) is 0 Å². The van der Waals surface area contributed by atoms with Gasteiger partial charge in [-0.05, 0) is 19.3 Å². The van der Waals surface area contributed by atoms with Gasteiger partial charge in [-0.1, -0.05) is 0 Å². The summed E-state index contributed by atoms with van der Waals surface area (Å²) in [6.07, 6.45) is 6.29. The van der Waals surface area contributed by atoms with Crippen molar-refractivity contribution in [2.24, 2.45) is 5.73 Å². The van der Waals surface area contributed by atoms with Gasteiger partial charge in [-0.2, -0.15) is 0 Å². The van der Waals surface area contributed by atoms with Gasteiger partial charge in [0.25, 0.3) is 0 Å². The van der Waals surface area contributed by atoms with E-state index in [4.69, 9.17) is 10.5 Å². The van der Waals surface area contributed by atoms with Gasteiger partial charge < -0.3 is 15.0 Å². The normalized spacial score (nSPS) is 26.7. The number of fused-ring (bicyclic) bond motifs is 1. The Balaban J connectivity index is 1.86. The molecular formula is C12H19N3O. The van der Waals surface area contributed by atoms with Gasteiger partial charge in [0, 0.05) is 43.8 Å². The summed E-state index contributed by atoms with van der Waals surface area (Å²) in [4.78, 5) is 4.61. The lowest BCUT2D eigenvalue weighted by Crippen LogP contribution is -2.31. The van der Waals surface area contributed by atoms with Crippen LogP contribution < -0.4 is 5.73 Å². The fourth-order valence-electron chi connectivity index (χ4n) is 2.81. The number of nitrogens with two attached hydrogens (primary N) is 1. The van der Waals surface area contributed by atoms with Crippen LogP contribution in [0, 0.1) is 0 Å². The average Bonchev–Trinajstić information content (AvgIpc) is 2.73. The summed E-state index contributed by atoms with van der Waals surface area (Å²) < 4.78 is 7.69. The molecule has 1 atom stereocenters. The summed E-state index contributed by atoms with van der Waals surface area (Å²) in [5, 5.41) is 0. The van der Waals surface area contributed by atoms with Crippen LogP contribution in [-0.4, -0.2) is 28.8 Å². The Bertz CT molecular complexity index is 368. The van der Waals surface area contributed by atoms with Crippen LogP contribution in [0.5, 0.6) is 0 Å². The van der Waals surface area contributed by atoms with Crippen molar-refractivity contribution < 1.29 is 4.74 Å². The van der Waals surface area contributed by atoms with Crippen LogP contribution in [0.1, 0.15) is 36.6 Å². The minimum Gasteiger partial charge on any atom is -0.381 e. The van der Waals surface area contributed by atoms with E-state index in [9.17, 15) is 0 Å². The Morgan fingerprint density at radius 3 is 2.94 bits per heavy atom. The predicted octanol–water partition coefficient (Wildman–Crippen LogP) is 1.05. The highest BCUT2D eigenvalue weighted by Gasteiger charge is 2.25. The molecule has 0 saturated carbocycles. The van der Waals surface area contributed by atoms with Crippen LogP contribution in [0.3, 0.4) is 0 Å². The second-order valence-corrected chi connectivity index (χ2v) is 4.91. The fourth-order valence-corrected chi connectivity index (χ4v) is 2.81. The largest absolute Gasteiger partial charge is 0.381 e. The van der Waals surface area contributed by atoms with E-state index in [0.29, 0.717) is 12.0 Å². The molecule has 1 unspecified atom stereocenters. The summed E-state index contributed by atoms with van der Waals surface area (Å²) in [5.41, 5.74) is 8.71. The Labute approximate surface area is 95.8 Å². The molecule has 2 aliphatic heterocycles. The highest BCUT2D eigenvalue weighted by atomic mass is 16.5. The first-order valence-electron chi connectivity index (χ1n) is 6.22. The SMILES string of the molecule is NC1CCn2cnc(C3CCOCC3)c2C1. The maximum Gasteiger partial charge on any atom is 0.0951 e. The van der Waals surface area contributed by atoms with Crippen molar-refractivity contribution in [3.05, 3.63) is 17.7 Å². The molecule has 0 bridgehead atoms. The lowest BCUT2D eigenvalue weighted by molar-refractivity contribution is 0.0843. The molecule has 0 aliphatic carbocycles. The average molecular weight is 221 g/mol. The van der Waals surface area contributed by atoms with Gasteiger partial charge in [-0.3, -0.25) is 0 Å². The Hall–Kier alpha value is -0.870. The summed E-state index contributed by atoms with van der Waals surface area (Å²) in [7, 11) is 0. The molecule has 4 nitrogen and oxygen atoms in total. The molecule has 2 aliphatic rings. The molecule has 1 saturated heterocycles. The van der Waals surface area contributed by atoms with Gasteiger partial charge in [-0.25, -0.2) is 4.98 Å². The highest BCUT2D eigenvalue weighted by molar-refractivity contribution is 5.21. The zero-order valence-corrected chi connectivity index (χ0v) is 9.56. The van der Waals surface area contributed by atoms with E-state index < -0.39 is 0 Å². The van der Waals surface area contributed by atoms with Crippen molar-refractivity contribution in [2.75, 3.05) is 13.2 Å². The molecule has 4 heteroatoms. The number of hydrogen-bond acceptors (Lipinski definition) is 3. The molecular weight excluding hydrogens is 202 g/mol. The molecule has 2 N–H and O–H groups in total. The smallest absolute Gasteiger partial charge is 0.0951 e. The van der Waals surface area contributed by atoms with E-state index in [0.717, 1.165) is 45.4 Å². The van der Waals surface area contributed by atoms with E-state index in [1.54, 1.807) is 0 Å². The van der Waals surface area contributed by atoms with Gasteiger partial charge in [0.2, 0.25) is 0 Å². The second-order valence-electron chi connectivity index (χ2n) is 4.91. The fraction of sp³-hybridized carbons (Fsp3) is 0.750. The third kappa shape index (κ3) is 1.76. The van der Waals surface area contributed by atoms with Crippen LogP contribution in [0.4, 0.5) is 0 Å². The summed E-state index contributed by atoms with van der Waals surface area (Å²) in [6, 6.07) is 0.322. The summed E-state index contributed by atoms with van der Waals surface area (Å²) in [6.45, 7) is 2.79. The van der Waals surface area contributed by atoms with Gasteiger partial charge >= 0.3 is 0 Å². The number of ether oxygens (including phenoxy) is 1. The maximum atomic E-state index is 6.04. The molecule has 1 fully saturated rings. The minimum absolute atomic E-state index is 0.322. The maximum absolute atomic E-state index is 6.04. The minimum atomic E-state index is 0.322. The predicted molar refractivity (Wildman–Crippen MR) is 61.3 cm³/mol. The first-order valence-corrected chi connectivity index (χ1v) is 6.22. The molecule has 0 spiro atoms. The Kier molecular flexibility index (Phi) is 2.69. The quantitative estimate of drug-likeness (QED) is 0.771. The molecule has 1 aromatic rings. The third-order valence-corrected chi connectivity index (χ3v) is 3.78. The van der Waals surface area contributed by atoms with E-state index in [-0.39, 0.29) is 0 Å². The van der Waals surface area contributed by atoms with Crippen LogP contribution in [0.25, 0.3) is 0 Å². The molecule has 0 aromatic carbocycles. The van der Waals surface area contributed by atoms with Crippen LogP contribution in [-0.2, 0) is 17.7 Å². The third-order valence-electron chi connectivity index (χ3n) is 3.78. The lowest BCUT2D eigenvalue weighted by Gasteiger charge is -2.25. The summed E-state index contributed by atoms with van der Waals surface area (Å²) in [5.74, 6) is 0.593. The highest BCUT2D eigenvalue weighted by Crippen LogP contribution is 2.30. The molecule has 3 heterocycles. The second kappa shape index (κ2) is 4.18. The van der Waals surface area contributed by atoms with E-state index in [2.05, 4.69) is 9.55 Å². The van der Waals surface area contributed by atoms with Crippen molar-refractivity contribution in [1.29, 1.82) is 0 Å². The number of rotatable bonds is 1. The Morgan fingerprint density at radius 2 is 2.12 bits per heavy atom. The van der Waals surface area contributed by atoms with Crippen molar-refractivity contribution in [2.45, 2.75) is 44.2 Å². The lowest BCUT2D eigenvalue weighted by atomic mass is 9.92. The first-order chi connectivity index (χ1) is 7.84. The van der Waals surface area contributed by atoms with Crippen LogP contribution in [0.15, 0.2) is 6.33 Å². The molecule has 16 heavy (non-hydrogen) atoms. The number of aryl methyl sites for hydroxylation is 1. The first kappa shape index (κ1) is 10.3. The van der Waals surface area contributed by atoms with E-state index in [1.807, 2.05) is 6.33 Å². The molecule has 1 aromatic heterocycles. The van der Waals surface area contributed by atoms with Gasteiger partial charge in [0.1, 0.15) is 0 Å². The zero-order valence-electron chi connectivity index (χ0n) is 9.56. The van der Waals surface area contributed by atoms with Crippen molar-refractivity contribution >= 4 is 0 Å². The molecule has 0 radical (unpaired) electrons. The van der Waals surface area contributed by atoms with E-state index >= 15 is 0 Å². The number of hydrogen-bond donors (Lipinski definition) is 1. The topological polar surface area (TPSA) is 53.1 Å². The molecule has 3 rings (SSSR count). The number of nitrogens with zero attached hydrogens (tertiary/aromatic N) is 2. The van der Waals surface area contributed by atoms with Gasteiger partial charge in [0.05, 0.1) is 12.0 Å².